The van der Waals surface area contributed by atoms with Crippen molar-refractivity contribution in [1.29, 1.82) is 0 Å². The lowest BCUT2D eigenvalue weighted by Gasteiger charge is -2.30. The number of piperidine rings is 2. The summed E-state index contributed by atoms with van der Waals surface area (Å²) in [5, 5.41) is 17.2. The van der Waals surface area contributed by atoms with E-state index in [4.69, 9.17) is 4.98 Å². The van der Waals surface area contributed by atoms with Crippen LogP contribution in [0.4, 0.5) is 29.4 Å². The Balaban J connectivity index is 1.39. The minimum absolute atomic E-state index is 0.0238. The van der Waals surface area contributed by atoms with Crippen LogP contribution in [0.2, 0.25) is 0 Å². The summed E-state index contributed by atoms with van der Waals surface area (Å²) in [6.07, 6.45) is 8.43. The summed E-state index contributed by atoms with van der Waals surface area (Å²) in [5.41, 5.74) is -0.0238. The van der Waals surface area contributed by atoms with Gasteiger partial charge in [0.05, 0.1) is 4.92 Å². The van der Waals surface area contributed by atoms with Crippen LogP contribution in [0.15, 0.2) is 18.3 Å². The Morgan fingerprint density at radius 2 is 1.42 bits per heavy atom. The van der Waals surface area contributed by atoms with E-state index in [1.54, 1.807) is 6.07 Å². The van der Waals surface area contributed by atoms with Crippen LogP contribution >= 0.6 is 0 Å². The molecule has 0 amide bonds. The Kier molecular flexibility index (Phi) is 6.90. The second-order valence-corrected chi connectivity index (χ2v) is 7.87. The molecule has 2 aromatic heterocycles. The summed E-state index contributed by atoms with van der Waals surface area (Å²) in [5.74, 6) is 2.67. The molecule has 4 rings (SSSR count). The molecule has 11 nitrogen and oxygen atoms in total. The van der Waals surface area contributed by atoms with Gasteiger partial charge in [0, 0.05) is 45.3 Å². The van der Waals surface area contributed by atoms with E-state index in [0.717, 1.165) is 38.1 Å². The predicted octanol–water partition coefficient (Wildman–Crippen LogP) is 2.68. The quantitative estimate of drug-likeness (QED) is 0.369. The van der Waals surface area contributed by atoms with E-state index in [0.29, 0.717) is 24.9 Å². The van der Waals surface area contributed by atoms with Crippen molar-refractivity contribution in [2.45, 2.75) is 38.5 Å². The first-order chi connectivity index (χ1) is 15.2. The fraction of sp³-hybridized carbons (Fsp3) is 0.600. The molecule has 0 unspecified atom stereocenters. The molecule has 0 atom stereocenters. The van der Waals surface area contributed by atoms with Crippen LogP contribution < -0.4 is 20.4 Å². The van der Waals surface area contributed by atoms with Crippen molar-refractivity contribution in [1.82, 2.24) is 19.9 Å². The standard InChI is InChI=1S/C20H29N9O2/c30-29(31)16-7-8-17(23-15-16)21-9-10-22-18-24-19(27-11-3-1-4-12-27)26-20(25-18)28-13-5-2-6-14-28/h7-8,15H,1-6,9-14H2,(H,21,23)(H,22,24,25,26). The summed E-state index contributed by atoms with van der Waals surface area (Å²) >= 11 is 0. The number of pyridine rings is 1. The van der Waals surface area contributed by atoms with E-state index in [-0.39, 0.29) is 5.69 Å². The molecule has 2 aliphatic rings. The summed E-state index contributed by atoms with van der Waals surface area (Å²) < 4.78 is 0. The predicted molar refractivity (Wildman–Crippen MR) is 120 cm³/mol. The SMILES string of the molecule is O=[N+]([O-])c1ccc(NCCNc2nc(N3CCCCC3)nc(N3CCCCC3)n2)nc1. The van der Waals surface area contributed by atoms with Gasteiger partial charge in [0.25, 0.3) is 5.69 Å². The molecule has 166 valence electrons. The molecule has 31 heavy (non-hydrogen) atoms. The average molecular weight is 428 g/mol. The molecule has 0 spiro atoms. The second-order valence-electron chi connectivity index (χ2n) is 7.87. The van der Waals surface area contributed by atoms with Crippen molar-refractivity contribution in [2.75, 3.05) is 59.7 Å². The summed E-state index contributed by atoms with van der Waals surface area (Å²) in [4.78, 5) is 33.0. The zero-order valence-electron chi connectivity index (χ0n) is 17.7. The number of rotatable bonds is 8. The van der Waals surface area contributed by atoms with Crippen molar-refractivity contribution < 1.29 is 4.92 Å². The van der Waals surface area contributed by atoms with Crippen LogP contribution in [0.25, 0.3) is 0 Å². The van der Waals surface area contributed by atoms with Gasteiger partial charge in [-0.1, -0.05) is 0 Å². The zero-order chi connectivity index (χ0) is 21.5. The highest BCUT2D eigenvalue weighted by Crippen LogP contribution is 2.22. The number of anilines is 4. The van der Waals surface area contributed by atoms with Crippen molar-refractivity contribution >= 4 is 29.4 Å². The van der Waals surface area contributed by atoms with Gasteiger partial charge >= 0.3 is 0 Å². The third-order valence-corrected chi connectivity index (χ3v) is 5.56. The maximum Gasteiger partial charge on any atom is 0.287 e. The third-order valence-electron chi connectivity index (χ3n) is 5.56. The topological polar surface area (TPSA) is 125 Å². The van der Waals surface area contributed by atoms with E-state index >= 15 is 0 Å². The molecule has 2 fully saturated rings. The maximum absolute atomic E-state index is 10.7. The molecule has 0 saturated carbocycles. The summed E-state index contributed by atoms with van der Waals surface area (Å²) in [6, 6.07) is 3.04. The van der Waals surface area contributed by atoms with Gasteiger partial charge in [-0.2, -0.15) is 15.0 Å². The van der Waals surface area contributed by atoms with Crippen LogP contribution in [0.3, 0.4) is 0 Å². The molecule has 2 N–H and O–H groups in total. The molecule has 0 bridgehead atoms. The number of nitrogens with zero attached hydrogens (tertiary/aromatic N) is 7. The number of hydrogen-bond donors (Lipinski definition) is 2. The largest absolute Gasteiger partial charge is 0.368 e. The lowest BCUT2D eigenvalue weighted by atomic mass is 10.1. The lowest BCUT2D eigenvalue weighted by Crippen LogP contribution is -2.34. The van der Waals surface area contributed by atoms with Gasteiger partial charge in [0.15, 0.2) is 0 Å². The van der Waals surface area contributed by atoms with Crippen molar-refractivity contribution in [3.05, 3.63) is 28.4 Å². The monoisotopic (exact) mass is 427 g/mol. The fourth-order valence-electron chi connectivity index (χ4n) is 3.87. The first-order valence-electron chi connectivity index (χ1n) is 11.0. The highest BCUT2D eigenvalue weighted by Gasteiger charge is 2.20. The number of nitro groups is 1. The zero-order valence-corrected chi connectivity index (χ0v) is 17.7. The van der Waals surface area contributed by atoms with Crippen LogP contribution in [0, 0.1) is 10.1 Å². The lowest BCUT2D eigenvalue weighted by molar-refractivity contribution is -0.385. The van der Waals surface area contributed by atoms with E-state index in [1.807, 2.05) is 0 Å². The third kappa shape index (κ3) is 5.68. The first kappa shape index (κ1) is 21.0. The molecule has 0 radical (unpaired) electrons. The van der Waals surface area contributed by atoms with E-state index in [2.05, 4.69) is 35.4 Å². The molecule has 11 heteroatoms. The summed E-state index contributed by atoms with van der Waals surface area (Å²) in [7, 11) is 0. The van der Waals surface area contributed by atoms with E-state index in [1.165, 1.54) is 50.8 Å². The fourth-order valence-corrected chi connectivity index (χ4v) is 3.87. The summed E-state index contributed by atoms with van der Waals surface area (Å²) in [6.45, 7) is 5.09. The van der Waals surface area contributed by atoms with Crippen LogP contribution in [0.1, 0.15) is 38.5 Å². The van der Waals surface area contributed by atoms with Gasteiger partial charge in [0.1, 0.15) is 12.0 Å². The molecule has 4 heterocycles. The molecule has 2 aromatic rings. The number of aromatic nitrogens is 4. The molecular weight excluding hydrogens is 398 g/mol. The molecule has 2 saturated heterocycles. The normalized spacial score (nSPS) is 16.8. The van der Waals surface area contributed by atoms with E-state index < -0.39 is 4.92 Å². The van der Waals surface area contributed by atoms with Gasteiger partial charge in [-0.05, 0) is 44.6 Å². The molecule has 0 aliphatic carbocycles. The van der Waals surface area contributed by atoms with Crippen LogP contribution in [0.5, 0.6) is 0 Å². The minimum Gasteiger partial charge on any atom is -0.368 e. The highest BCUT2D eigenvalue weighted by molar-refractivity contribution is 5.46. The first-order valence-corrected chi connectivity index (χ1v) is 11.0. The van der Waals surface area contributed by atoms with Gasteiger partial charge in [0.2, 0.25) is 17.8 Å². The highest BCUT2D eigenvalue weighted by atomic mass is 16.6. The van der Waals surface area contributed by atoms with Crippen molar-refractivity contribution in [2.24, 2.45) is 0 Å². The maximum atomic E-state index is 10.7. The number of nitrogens with one attached hydrogen (secondary N) is 2. The number of hydrogen-bond acceptors (Lipinski definition) is 10. The van der Waals surface area contributed by atoms with Gasteiger partial charge in [-0.25, -0.2) is 4.98 Å². The Bertz CT molecular complexity index is 829. The Morgan fingerprint density at radius 1 is 0.839 bits per heavy atom. The van der Waals surface area contributed by atoms with Crippen LogP contribution in [-0.4, -0.2) is 64.1 Å². The van der Waals surface area contributed by atoms with Gasteiger partial charge in [-0.3, -0.25) is 10.1 Å². The Hall–Kier alpha value is -3.24. The average Bonchev–Trinajstić information content (AvgIpc) is 2.83. The molecule has 2 aliphatic heterocycles. The van der Waals surface area contributed by atoms with Crippen LogP contribution in [-0.2, 0) is 0 Å². The van der Waals surface area contributed by atoms with Gasteiger partial charge < -0.3 is 20.4 Å². The van der Waals surface area contributed by atoms with Gasteiger partial charge in [-0.15, -0.1) is 0 Å². The second kappa shape index (κ2) is 10.2. The van der Waals surface area contributed by atoms with E-state index in [9.17, 15) is 10.1 Å². The smallest absolute Gasteiger partial charge is 0.287 e. The van der Waals surface area contributed by atoms with Crippen molar-refractivity contribution in [3.63, 3.8) is 0 Å². The molecule has 0 aromatic carbocycles. The minimum atomic E-state index is -0.459. The Labute approximate surface area is 181 Å². The Morgan fingerprint density at radius 3 is 1.94 bits per heavy atom. The van der Waals surface area contributed by atoms with Crippen molar-refractivity contribution in [3.8, 4) is 0 Å². The molecular formula is C20H29N9O2.